The molecule has 0 radical (unpaired) electrons. The number of nitrogens with zero attached hydrogens (tertiary/aromatic N) is 2. The van der Waals surface area contributed by atoms with E-state index < -0.39 is 0 Å². The Morgan fingerprint density at radius 2 is 1.95 bits per heavy atom. The minimum absolute atomic E-state index is 0.297. The Morgan fingerprint density at radius 3 is 2.74 bits per heavy atom. The second kappa shape index (κ2) is 4.21. The van der Waals surface area contributed by atoms with Crippen molar-refractivity contribution in [3.63, 3.8) is 0 Å². The van der Waals surface area contributed by atoms with Gasteiger partial charge in [0.1, 0.15) is 0 Å². The third-order valence-electron chi connectivity index (χ3n) is 4.13. The van der Waals surface area contributed by atoms with Gasteiger partial charge < -0.3 is 14.4 Å². The number of aromatic nitrogens is 2. The number of aromatic amines is 1. The highest BCUT2D eigenvalue weighted by atomic mass is 16.7. The van der Waals surface area contributed by atoms with Crippen LogP contribution in [0.15, 0.2) is 24.4 Å². The summed E-state index contributed by atoms with van der Waals surface area (Å²) in [6.45, 7) is 3.42. The number of piperidine rings is 1. The van der Waals surface area contributed by atoms with Crippen molar-refractivity contribution in [2.75, 3.05) is 31.2 Å². The third-order valence-corrected chi connectivity index (χ3v) is 4.13. The highest BCUT2D eigenvalue weighted by molar-refractivity contribution is 5.81. The summed E-state index contributed by atoms with van der Waals surface area (Å²) in [5.74, 6) is -0.297. The van der Waals surface area contributed by atoms with Crippen LogP contribution >= 0.6 is 0 Å². The lowest BCUT2D eigenvalue weighted by atomic mass is 10.0. The Hall–Kier alpha value is -1.59. The number of hydrogen-bond acceptors (Lipinski definition) is 4. The number of benzene rings is 1. The quantitative estimate of drug-likeness (QED) is 0.850. The topological polar surface area (TPSA) is 50.4 Å². The summed E-state index contributed by atoms with van der Waals surface area (Å²) in [4.78, 5) is 2.39. The third kappa shape index (κ3) is 1.89. The van der Waals surface area contributed by atoms with E-state index in [2.05, 4.69) is 33.3 Å². The van der Waals surface area contributed by atoms with E-state index >= 15 is 0 Å². The number of H-pyrrole nitrogens is 1. The molecular weight excluding hydrogens is 242 g/mol. The number of anilines is 1. The molecule has 19 heavy (non-hydrogen) atoms. The van der Waals surface area contributed by atoms with Crippen molar-refractivity contribution in [1.82, 2.24) is 10.2 Å². The molecule has 1 aromatic carbocycles. The van der Waals surface area contributed by atoms with Gasteiger partial charge in [0.05, 0.1) is 24.9 Å². The first-order chi connectivity index (χ1) is 9.35. The highest BCUT2D eigenvalue weighted by Crippen LogP contribution is 2.33. The molecule has 2 aromatic rings. The zero-order valence-corrected chi connectivity index (χ0v) is 10.8. The summed E-state index contributed by atoms with van der Waals surface area (Å²) >= 11 is 0. The molecule has 0 bridgehead atoms. The number of nitrogens with one attached hydrogen (secondary N) is 1. The Kier molecular flexibility index (Phi) is 2.50. The van der Waals surface area contributed by atoms with Crippen LogP contribution in [0, 0.1) is 0 Å². The van der Waals surface area contributed by atoms with Gasteiger partial charge in [-0.3, -0.25) is 5.10 Å². The predicted molar refractivity (Wildman–Crippen MR) is 72.2 cm³/mol. The van der Waals surface area contributed by atoms with Crippen LogP contribution in [0.4, 0.5) is 5.69 Å². The smallest absolute Gasteiger partial charge is 0.171 e. The molecule has 1 N–H and O–H groups in total. The number of ether oxygens (including phenoxy) is 2. The Balaban J connectivity index is 1.54. The SMILES string of the molecule is c1cc2cn[nH]c2cc1N1CCC2(CC1)OCCO2. The van der Waals surface area contributed by atoms with Gasteiger partial charge in [-0.2, -0.15) is 5.10 Å². The fourth-order valence-corrected chi connectivity index (χ4v) is 3.01. The summed E-state index contributed by atoms with van der Waals surface area (Å²) in [5.41, 5.74) is 2.33. The normalized spacial score (nSPS) is 22.4. The van der Waals surface area contributed by atoms with E-state index in [4.69, 9.17) is 9.47 Å². The van der Waals surface area contributed by atoms with Gasteiger partial charge in [0.15, 0.2) is 5.79 Å². The summed E-state index contributed by atoms with van der Waals surface area (Å²) in [5, 5.41) is 8.24. The molecular formula is C14H17N3O2. The molecule has 0 amide bonds. The average Bonchev–Trinajstić information content (AvgIpc) is 3.08. The zero-order chi connectivity index (χ0) is 12.7. The van der Waals surface area contributed by atoms with Crippen LogP contribution in [0.1, 0.15) is 12.8 Å². The summed E-state index contributed by atoms with van der Waals surface area (Å²) in [6.07, 6.45) is 3.73. The summed E-state index contributed by atoms with van der Waals surface area (Å²) in [7, 11) is 0. The molecule has 100 valence electrons. The molecule has 4 rings (SSSR count). The van der Waals surface area contributed by atoms with E-state index in [-0.39, 0.29) is 5.79 Å². The Bertz CT molecular complexity index is 579. The van der Waals surface area contributed by atoms with Gasteiger partial charge in [-0.25, -0.2) is 0 Å². The van der Waals surface area contributed by atoms with Gasteiger partial charge in [-0.05, 0) is 18.2 Å². The van der Waals surface area contributed by atoms with E-state index in [9.17, 15) is 0 Å². The second-order valence-electron chi connectivity index (χ2n) is 5.24. The van der Waals surface area contributed by atoms with E-state index in [1.807, 2.05) is 6.20 Å². The van der Waals surface area contributed by atoms with Crippen molar-refractivity contribution < 1.29 is 9.47 Å². The largest absolute Gasteiger partial charge is 0.371 e. The minimum atomic E-state index is -0.297. The standard InChI is InChI=1S/C14H17N3O2/c1-2-12(9-13-11(1)10-15-16-13)17-5-3-14(4-6-17)18-7-8-19-14/h1-2,9-10H,3-8H2,(H,15,16). The molecule has 1 spiro atoms. The highest BCUT2D eigenvalue weighted by Gasteiger charge is 2.39. The monoisotopic (exact) mass is 259 g/mol. The average molecular weight is 259 g/mol. The maximum atomic E-state index is 5.76. The lowest BCUT2D eigenvalue weighted by molar-refractivity contribution is -0.169. The predicted octanol–water partition coefficient (Wildman–Crippen LogP) is 1.91. The molecule has 1 aromatic heterocycles. The van der Waals surface area contributed by atoms with Crippen molar-refractivity contribution in [3.8, 4) is 0 Å². The molecule has 2 aliphatic rings. The van der Waals surface area contributed by atoms with Gasteiger partial charge in [-0.15, -0.1) is 0 Å². The van der Waals surface area contributed by atoms with Crippen LogP contribution in [0.2, 0.25) is 0 Å². The van der Waals surface area contributed by atoms with Gasteiger partial charge >= 0.3 is 0 Å². The maximum Gasteiger partial charge on any atom is 0.171 e. The first-order valence-corrected chi connectivity index (χ1v) is 6.81. The van der Waals surface area contributed by atoms with Crippen LogP contribution < -0.4 is 4.90 Å². The Labute approximate surface area is 111 Å². The first-order valence-electron chi connectivity index (χ1n) is 6.81. The van der Waals surface area contributed by atoms with Crippen LogP contribution in [-0.4, -0.2) is 42.3 Å². The molecule has 0 saturated carbocycles. The molecule has 3 heterocycles. The molecule has 2 aliphatic heterocycles. The second-order valence-corrected chi connectivity index (χ2v) is 5.24. The number of hydrogen-bond donors (Lipinski definition) is 1. The fourth-order valence-electron chi connectivity index (χ4n) is 3.01. The van der Waals surface area contributed by atoms with Crippen LogP contribution in [0.25, 0.3) is 10.9 Å². The van der Waals surface area contributed by atoms with Crippen molar-refractivity contribution in [1.29, 1.82) is 0 Å². The van der Waals surface area contributed by atoms with Gasteiger partial charge in [0.25, 0.3) is 0 Å². The van der Waals surface area contributed by atoms with Crippen molar-refractivity contribution in [3.05, 3.63) is 24.4 Å². The van der Waals surface area contributed by atoms with Crippen molar-refractivity contribution >= 4 is 16.6 Å². The number of rotatable bonds is 1. The minimum Gasteiger partial charge on any atom is -0.371 e. The molecule has 5 nitrogen and oxygen atoms in total. The molecule has 0 atom stereocenters. The fraction of sp³-hybridized carbons (Fsp3) is 0.500. The van der Waals surface area contributed by atoms with E-state index in [1.165, 1.54) is 5.69 Å². The molecule has 5 heteroatoms. The maximum absolute atomic E-state index is 5.76. The van der Waals surface area contributed by atoms with Crippen LogP contribution in [0.3, 0.4) is 0 Å². The molecule has 0 aliphatic carbocycles. The molecule has 2 saturated heterocycles. The summed E-state index contributed by atoms with van der Waals surface area (Å²) < 4.78 is 11.5. The van der Waals surface area contributed by atoms with E-state index in [0.29, 0.717) is 0 Å². The Morgan fingerprint density at radius 1 is 1.16 bits per heavy atom. The summed E-state index contributed by atoms with van der Waals surface area (Å²) in [6, 6.07) is 6.43. The first kappa shape index (κ1) is 11.3. The lowest BCUT2D eigenvalue weighted by Crippen LogP contribution is -2.45. The van der Waals surface area contributed by atoms with Gasteiger partial charge in [0.2, 0.25) is 0 Å². The van der Waals surface area contributed by atoms with Gasteiger partial charge in [0, 0.05) is 37.0 Å². The van der Waals surface area contributed by atoms with Crippen LogP contribution in [-0.2, 0) is 9.47 Å². The zero-order valence-electron chi connectivity index (χ0n) is 10.8. The number of fused-ring (bicyclic) bond motifs is 1. The van der Waals surface area contributed by atoms with Crippen molar-refractivity contribution in [2.45, 2.75) is 18.6 Å². The van der Waals surface area contributed by atoms with Crippen molar-refractivity contribution in [2.24, 2.45) is 0 Å². The molecule has 2 fully saturated rings. The molecule has 0 unspecified atom stereocenters. The van der Waals surface area contributed by atoms with E-state index in [1.54, 1.807) is 0 Å². The lowest BCUT2D eigenvalue weighted by Gasteiger charge is -2.38. The van der Waals surface area contributed by atoms with Gasteiger partial charge in [-0.1, -0.05) is 0 Å². The van der Waals surface area contributed by atoms with Crippen LogP contribution in [0.5, 0.6) is 0 Å². The van der Waals surface area contributed by atoms with E-state index in [0.717, 1.165) is 50.0 Å².